The van der Waals surface area contributed by atoms with Gasteiger partial charge in [-0.15, -0.1) is 0 Å². The predicted octanol–water partition coefficient (Wildman–Crippen LogP) is 3.66. The minimum Gasteiger partial charge on any atom is -0.383 e. The van der Waals surface area contributed by atoms with Crippen LogP contribution >= 0.6 is 11.6 Å². The number of ether oxygens (including phenoxy) is 1. The van der Waals surface area contributed by atoms with Gasteiger partial charge in [-0.05, 0) is 30.5 Å². The second kappa shape index (κ2) is 7.00. The lowest BCUT2D eigenvalue weighted by Gasteiger charge is -2.26. The summed E-state index contributed by atoms with van der Waals surface area (Å²) < 4.78 is 5.16. The first-order valence-electron chi connectivity index (χ1n) is 6.05. The SMILES string of the molecule is COCC(C)NC(c1ccc(Cl)cc1)C(C)C. The van der Waals surface area contributed by atoms with Gasteiger partial charge in [0, 0.05) is 24.2 Å². The molecule has 0 amide bonds. The van der Waals surface area contributed by atoms with Crippen LogP contribution in [-0.4, -0.2) is 19.8 Å². The van der Waals surface area contributed by atoms with Crippen LogP contribution in [0.15, 0.2) is 24.3 Å². The largest absolute Gasteiger partial charge is 0.383 e. The molecule has 0 aliphatic heterocycles. The van der Waals surface area contributed by atoms with Crippen LogP contribution in [0.2, 0.25) is 5.02 Å². The van der Waals surface area contributed by atoms with Crippen LogP contribution in [0.3, 0.4) is 0 Å². The fourth-order valence-corrected chi connectivity index (χ4v) is 2.07. The molecule has 0 spiro atoms. The molecule has 2 nitrogen and oxygen atoms in total. The van der Waals surface area contributed by atoms with Crippen LogP contribution in [0, 0.1) is 5.92 Å². The molecule has 1 aromatic rings. The van der Waals surface area contributed by atoms with Crippen LogP contribution in [-0.2, 0) is 4.74 Å². The Morgan fingerprint density at radius 2 is 1.76 bits per heavy atom. The Balaban J connectivity index is 2.75. The van der Waals surface area contributed by atoms with Crippen molar-refractivity contribution in [2.24, 2.45) is 5.92 Å². The van der Waals surface area contributed by atoms with Crippen LogP contribution in [0.5, 0.6) is 0 Å². The van der Waals surface area contributed by atoms with Gasteiger partial charge in [0.1, 0.15) is 0 Å². The highest BCUT2D eigenvalue weighted by Gasteiger charge is 2.17. The zero-order valence-corrected chi connectivity index (χ0v) is 11.8. The Morgan fingerprint density at radius 3 is 2.24 bits per heavy atom. The molecular weight excluding hydrogens is 234 g/mol. The van der Waals surface area contributed by atoms with Gasteiger partial charge >= 0.3 is 0 Å². The second-order valence-corrected chi connectivity index (χ2v) is 5.23. The molecule has 0 bridgehead atoms. The molecule has 2 atom stereocenters. The zero-order chi connectivity index (χ0) is 12.8. The Kier molecular flexibility index (Phi) is 5.96. The average Bonchev–Trinajstić information content (AvgIpc) is 2.27. The normalized spacial score (nSPS) is 14.9. The first-order valence-corrected chi connectivity index (χ1v) is 6.42. The van der Waals surface area contributed by atoms with Gasteiger partial charge in [-0.25, -0.2) is 0 Å². The molecule has 0 fully saturated rings. The molecule has 0 aliphatic carbocycles. The van der Waals surface area contributed by atoms with Gasteiger partial charge in [0.2, 0.25) is 0 Å². The van der Waals surface area contributed by atoms with Crippen molar-refractivity contribution in [3.05, 3.63) is 34.9 Å². The molecule has 0 saturated carbocycles. The van der Waals surface area contributed by atoms with E-state index >= 15 is 0 Å². The summed E-state index contributed by atoms with van der Waals surface area (Å²) in [5.74, 6) is 0.524. The third-order valence-corrected chi connectivity index (χ3v) is 3.03. The summed E-state index contributed by atoms with van der Waals surface area (Å²) in [6.45, 7) is 7.28. The van der Waals surface area contributed by atoms with Crippen molar-refractivity contribution in [3.8, 4) is 0 Å². The maximum absolute atomic E-state index is 5.91. The minimum atomic E-state index is 0.331. The molecule has 96 valence electrons. The molecule has 0 aliphatic rings. The highest BCUT2D eigenvalue weighted by atomic mass is 35.5. The monoisotopic (exact) mass is 255 g/mol. The molecule has 0 radical (unpaired) electrons. The first-order chi connectivity index (χ1) is 8.04. The van der Waals surface area contributed by atoms with E-state index < -0.39 is 0 Å². The number of hydrogen-bond donors (Lipinski definition) is 1. The summed E-state index contributed by atoms with van der Waals surface area (Å²) >= 11 is 5.91. The van der Waals surface area contributed by atoms with Gasteiger partial charge in [0.15, 0.2) is 0 Å². The third-order valence-electron chi connectivity index (χ3n) is 2.78. The summed E-state index contributed by atoms with van der Waals surface area (Å²) in [7, 11) is 1.73. The van der Waals surface area contributed by atoms with Gasteiger partial charge in [0.25, 0.3) is 0 Å². The Morgan fingerprint density at radius 1 is 1.18 bits per heavy atom. The van der Waals surface area contributed by atoms with Crippen molar-refractivity contribution in [1.82, 2.24) is 5.32 Å². The lowest BCUT2D eigenvalue weighted by Crippen LogP contribution is -2.36. The van der Waals surface area contributed by atoms with Crippen molar-refractivity contribution >= 4 is 11.6 Å². The first kappa shape index (κ1) is 14.5. The lowest BCUT2D eigenvalue weighted by molar-refractivity contribution is 0.162. The van der Waals surface area contributed by atoms with Crippen LogP contribution in [0.4, 0.5) is 0 Å². The van der Waals surface area contributed by atoms with E-state index in [2.05, 4.69) is 38.2 Å². The van der Waals surface area contributed by atoms with Gasteiger partial charge in [0.05, 0.1) is 6.61 Å². The number of hydrogen-bond acceptors (Lipinski definition) is 2. The standard InChI is InChI=1S/C14H22ClNO/c1-10(2)14(16-11(3)9-17-4)12-5-7-13(15)8-6-12/h5-8,10-11,14,16H,9H2,1-4H3. The molecule has 3 heteroatoms. The van der Waals surface area contributed by atoms with Crippen LogP contribution in [0.1, 0.15) is 32.4 Å². The number of benzene rings is 1. The topological polar surface area (TPSA) is 21.3 Å². The molecule has 0 aromatic heterocycles. The van der Waals surface area contributed by atoms with E-state index in [1.807, 2.05) is 12.1 Å². The van der Waals surface area contributed by atoms with E-state index in [1.165, 1.54) is 5.56 Å². The van der Waals surface area contributed by atoms with Crippen LogP contribution < -0.4 is 5.32 Å². The Bertz CT molecular complexity index is 323. The van der Waals surface area contributed by atoms with Crippen molar-refractivity contribution in [1.29, 1.82) is 0 Å². The fraction of sp³-hybridized carbons (Fsp3) is 0.571. The van der Waals surface area contributed by atoms with Crippen molar-refractivity contribution < 1.29 is 4.74 Å². The molecule has 1 aromatic carbocycles. The zero-order valence-electron chi connectivity index (χ0n) is 11.0. The van der Waals surface area contributed by atoms with Crippen molar-refractivity contribution in [2.45, 2.75) is 32.9 Å². The number of nitrogens with one attached hydrogen (secondary N) is 1. The fourth-order valence-electron chi connectivity index (χ4n) is 1.95. The average molecular weight is 256 g/mol. The Hall–Kier alpha value is -0.570. The summed E-state index contributed by atoms with van der Waals surface area (Å²) in [6, 6.07) is 8.71. The molecule has 1 rings (SSSR count). The van der Waals surface area contributed by atoms with Crippen molar-refractivity contribution in [2.75, 3.05) is 13.7 Å². The molecule has 2 unspecified atom stereocenters. The quantitative estimate of drug-likeness (QED) is 0.838. The Labute approximate surface area is 109 Å². The van der Waals surface area contributed by atoms with E-state index in [1.54, 1.807) is 7.11 Å². The minimum absolute atomic E-state index is 0.331. The number of halogens is 1. The van der Waals surface area contributed by atoms with E-state index in [9.17, 15) is 0 Å². The van der Waals surface area contributed by atoms with E-state index in [-0.39, 0.29) is 0 Å². The smallest absolute Gasteiger partial charge is 0.0613 e. The maximum Gasteiger partial charge on any atom is 0.0613 e. The van der Waals surface area contributed by atoms with E-state index in [0.29, 0.717) is 18.0 Å². The molecule has 17 heavy (non-hydrogen) atoms. The summed E-state index contributed by atoms with van der Waals surface area (Å²) in [5.41, 5.74) is 1.27. The highest BCUT2D eigenvalue weighted by Crippen LogP contribution is 2.23. The third kappa shape index (κ3) is 4.66. The van der Waals surface area contributed by atoms with Gasteiger partial charge in [-0.1, -0.05) is 37.6 Å². The number of rotatable bonds is 6. The molecular formula is C14H22ClNO. The van der Waals surface area contributed by atoms with E-state index in [0.717, 1.165) is 11.6 Å². The van der Waals surface area contributed by atoms with Gasteiger partial charge in [-0.2, -0.15) is 0 Å². The molecule has 1 N–H and O–H groups in total. The lowest BCUT2D eigenvalue weighted by atomic mass is 9.95. The number of methoxy groups -OCH3 is 1. The van der Waals surface area contributed by atoms with E-state index in [4.69, 9.17) is 16.3 Å². The van der Waals surface area contributed by atoms with Gasteiger partial charge < -0.3 is 10.1 Å². The summed E-state index contributed by atoms with van der Waals surface area (Å²) in [4.78, 5) is 0. The molecule has 0 heterocycles. The van der Waals surface area contributed by atoms with Crippen LogP contribution in [0.25, 0.3) is 0 Å². The summed E-state index contributed by atoms with van der Waals surface area (Å²) in [5, 5.41) is 4.36. The highest BCUT2D eigenvalue weighted by molar-refractivity contribution is 6.30. The second-order valence-electron chi connectivity index (χ2n) is 4.80. The predicted molar refractivity (Wildman–Crippen MR) is 73.5 cm³/mol. The van der Waals surface area contributed by atoms with Gasteiger partial charge in [-0.3, -0.25) is 0 Å². The maximum atomic E-state index is 5.91. The molecule has 0 saturated heterocycles. The summed E-state index contributed by atoms with van der Waals surface area (Å²) in [6.07, 6.45) is 0. The van der Waals surface area contributed by atoms with Crippen molar-refractivity contribution in [3.63, 3.8) is 0 Å².